The second kappa shape index (κ2) is 6.36. The van der Waals surface area contributed by atoms with Crippen LogP contribution in [0.4, 0.5) is 5.69 Å². The predicted octanol–water partition coefficient (Wildman–Crippen LogP) is 2.98. The summed E-state index contributed by atoms with van der Waals surface area (Å²) in [6, 6.07) is 11.3. The number of ether oxygens (including phenoxy) is 2. The van der Waals surface area contributed by atoms with Crippen molar-refractivity contribution in [1.29, 1.82) is 0 Å². The summed E-state index contributed by atoms with van der Waals surface area (Å²) in [5, 5.41) is 2.90. The van der Waals surface area contributed by atoms with Crippen molar-refractivity contribution >= 4 is 23.2 Å². The molecule has 3 aromatic rings. The summed E-state index contributed by atoms with van der Waals surface area (Å²) in [6.45, 7) is 0. The zero-order valence-corrected chi connectivity index (χ0v) is 14.2. The van der Waals surface area contributed by atoms with Crippen LogP contribution in [0, 0.1) is 0 Å². The Kier molecular flexibility index (Phi) is 3.89. The van der Waals surface area contributed by atoms with E-state index in [9.17, 15) is 4.79 Å². The van der Waals surface area contributed by atoms with E-state index in [4.69, 9.17) is 9.47 Å². The number of fused-ring (bicyclic) bond motifs is 1. The number of carbonyl (C=O) groups is 1. The number of benzene rings is 1. The number of amides is 1. The molecule has 1 amide bonds. The lowest BCUT2D eigenvalue weighted by Crippen LogP contribution is -2.03. The van der Waals surface area contributed by atoms with E-state index in [-0.39, 0.29) is 11.9 Å². The molecule has 3 heterocycles. The van der Waals surface area contributed by atoms with Crippen molar-refractivity contribution in [2.75, 3.05) is 19.5 Å². The van der Waals surface area contributed by atoms with Gasteiger partial charge >= 0.3 is 6.01 Å². The standard InChI is InChI=1S/C19H16N4O3/c1-25-16-10-15(22-19(23-16)26-2)12-6-3-7-14-17(12)13(18(24)21-14)9-11-5-4-8-20-11/h3-10,20H,1-2H3,(H,21,24)/b13-9-. The van der Waals surface area contributed by atoms with Crippen LogP contribution in [-0.2, 0) is 4.79 Å². The molecule has 0 atom stereocenters. The van der Waals surface area contributed by atoms with E-state index in [1.54, 1.807) is 6.07 Å². The highest BCUT2D eigenvalue weighted by Crippen LogP contribution is 2.40. The predicted molar refractivity (Wildman–Crippen MR) is 97.9 cm³/mol. The van der Waals surface area contributed by atoms with E-state index in [0.717, 1.165) is 22.5 Å². The fraction of sp³-hybridized carbons (Fsp3) is 0.105. The third kappa shape index (κ3) is 2.69. The summed E-state index contributed by atoms with van der Waals surface area (Å²) < 4.78 is 10.4. The van der Waals surface area contributed by atoms with Gasteiger partial charge in [-0.25, -0.2) is 0 Å². The Labute approximate surface area is 149 Å². The molecule has 0 spiro atoms. The normalized spacial score (nSPS) is 14.2. The number of anilines is 1. The lowest BCUT2D eigenvalue weighted by Gasteiger charge is -2.10. The third-order valence-electron chi connectivity index (χ3n) is 4.10. The number of hydrogen-bond donors (Lipinski definition) is 2. The van der Waals surface area contributed by atoms with Crippen LogP contribution in [0.5, 0.6) is 11.9 Å². The van der Waals surface area contributed by atoms with Gasteiger partial charge in [0, 0.05) is 34.8 Å². The average molecular weight is 348 g/mol. The van der Waals surface area contributed by atoms with Crippen molar-refractivity contribution in [2.24, 2.45) is 0 Å². The van der Waals surface area contributed by atoms with Crippen LogP contribution in [-0.4, -0.2) is 35.1 Å². The van der Waals surface area contributed by atoms with Gasteiger partial charge in [-0.05, 0) is 24.3 Å². The van der Waals surface area contributed by atoms with Crippen LogP contribution >= 0.6 is 0 Å². The molecule has 1 aromatic carbocycles. The second-order valence-corrected chi connectivity index (χ2v) is 5.65. The Balaban J connectivity index is 1.91. The molecule has 0 bridgehead atoms. The van der Waals surface area contributed by atoms with Crippen LogP contribution in [0.2, 0.25) is 0 Å². The first-order chi connectivity index (χ1) is 12.7. The van der Waals surface area contributed by atoms with E-state index in [1.165, 1.54) is 14.2 Å². The Morgan fingerprint density at radius 1 is 1.08 bits per heavy atom. The van der Waals surface area contributed by atoms with Crippen LogP contribution < -0.4 is 14.8 Å². The molecule has 7 nitrogen and oxygen atoms in total. The fourth-order valence-corrected chi connectivity index (χ4v) is 2.93. The SMILES string of the molecule is COc1cc(-c2cccc3c2/C(=C/c2ccc[nH]2)C(=O)N3)nc(OC)n1. The summed E-state index contributed by atoms with van der Waals surface area (Å²) in [6.07, 6.45) is 3.63. The summed E-state index contributed by atoms with van der Waals surface area (Å²) in [5.74, 6) is 0.228. The minimum atomic E-state index is -0.157. The maximum Gasteiger partial charge on any atom is 0.320 e. The van der Waals surface area contributed by atoms with Gasteiger partial charge in [-0.2, -0.15) is 9.97 Å². The molecular formula is C19H16N4O3. The highest BCUT2D eigenvalue weighted by atomic mass is 16.5. The quantitative estimate of drug-likeness (QED) is 0.708. The van der Waals surface area contributed by atoms with E-state index in [1.807, 2.05) is 42.6 Å². The van der Waals surface area contributed by atoms with Crippen molar-refractivity contribution < 1.29 is 14.3 Å². The Morgan fingerprint density at radius 3 is 2.69 bits per heavy atom. The lowest BCUT2D eigenvalue weighted by molar-refractivity contribution is -0.110. The van der Waals surface area contributed by atoms with Crippen LogP contribution in [0.3, 0.4) is 0 Å². The fourth-order valence-electron chi connectivity index (χ4n) is 2.93. The zero-order chi connectivity index (χ0) is 18.1. The number of carbonyl (C=O) groups excluding carboxylic acids is 1. The minimum absolute atomic E-state index is 0.157. The molecule has 1 aliphatic heterocycles. The molecule has 0 aliphatic carbocycles. The Bertz CT molecular complexity index is 987. The first kappa shape index (κ1) is 15.9. The van der Waals surface area contributed by atoms with Crippen molar-refractivity contribution in [3.05, 3.63) is 53.9 Å². The lowest BCUT2D eigenvalue weighted by atomic mass is 9.97. The minimum Gasteiger partial charge on any atom is -0.481 e. The van der Waals surface area contributed by atoms with Gasteiger partial charge in [0.1, 0.15) is 0 Å². The first-order valence-electron chi connectivity index (χ1n) is 7.97. The van der Waals surface area contributed by atoms with E-state index in [2.05, 4.69) is 20.3 Å². The maximum absolute atomic E-state index is 12.5. The molecule has 0 fully saturated rings. The Morgan fingerprint density at radius 2 is 1.96 bits per heavy atom. The van der Waals surface area contributed by atoms with Crippen molar-refractivity contribution in [2.45, 2.75) is 0 Å². The molecule has 26 heavy (non-hydrogen) atoms. The van der Waals surface area contributed by atoms with E-state index < -0.39 is 0 Å². The van der Waals surface area contributed by atoms with Gasteiger partial charge in [0.15, 0.2) is 0 Å². The van der Waals surface area contributed by atoms with Crippen molar-refractivity contribution in [1.82, 2.24) is 15.0 Å². The van der Waals surface area contributed by atoms with Crippen LogP contribution in [0.25, 0.3) is 22.9 Å². The summed E-state index contributed by atoms with van der Waals surface area (Å²) >= 11 is 0. The molecule has 4 rings (SSSR count). The highest BCUT2D eigenvalue weighted by Gasteiger charge is 2.28. The van der Waals surface area contributed by atoms with Gasteiger partial charge in [-0.3, -0.25) is 4.79 Å². The number of rotatable bonds is 4. The molecule has 0 saturated heterocycles. The number of nitrogens with one attached hydrogen (secondary N) is 2. The summed E-state index contributed by atoms with van der Waals surface area (Å²) in [4.78, 5) is 24.1. The van der Waals surface area contributed by atoms with Gasteiger partial charge in [0.25, 0.3) is 5.91 Å². The third-order valence-corrected chi connectivity index (χ3v) is 4.10. The molecule has 130 valence electrons. The number of aromatic amines is 1. The monoisotopic (exact) mass is 348 g/mol. The number of hydrogen-bond acceptors (Lipinski definition) is 5. The van der Waals surface area contributed by atoms with Gasteiger partial charge in [-0.1, -0.05) is 12.1 Å². The van der Waals surface area contributed by atoms with Gasteiger partial charge in [-0.15, -0.1) is 0 Å². The second-order valence-electron chi connectivity index (χ2n) is 5.65. The van der Waals surface area contributed by atoms with Gasteiger partial charge < -0.3 is 19.8 Å². The Hall–Kier alpha value is -3.61. The average Bonchev–Trinajstić information content (AvgIpc) is 3.29. The van der Waals surface area contributed by atoms with Crippen molar-refractivity contribution in [3.63, 3.8) is 0 Å². The zero-order valence-electron chi connectivity index (χ0n) is 14.2. The topological polar surface area (TPSA) is 89.1 Å². The van der Waals surface area contributed by atoms with Crippen LogP contribution in [0.1, 0.15) is 11.3 Å². The molecule has 0 radical (unpaired) electrons. The number of H-pyrrole nitrogens is 1. The maximum atomic E-state index is 12.5. The first-order valence-corrected chi connectivity index (χ1v) is 7.97. The molecule has 0 saturated carbocycles. The largest absolute Gasteiger partial charge is 0.481 e. The van der Waals surface area contributed by atoms with Crippen molar-refractivity contribution in [3.8, 4) is 23.1 Å². The molecule has 2 N–H and O–H groups in total. The highest BCUT2D eigenvalue weighted by molar-refractivity contribution is 6.36. The van der Waals surface area contributed by atoms with Gasteiger partial charge in [0.05, 0.1) is 25.5 Å². The van der Waals surface area contributed by atoms with Crippen LogP contribution in [0.15, 0.2) is 42.6 Å². The number of nitrogens with zero attached hydrogens (tertiary/aromatic N) is 2. The number of aromatic nitrogens is 3. The molecule has 1 aliphatic rings. The van der Waals surface area contributed by atoms with E-state index >= 15 is 0 Å². The summed E-state index contributed by atoms with van der Waals surface area (Å²) in [7, 11) is 3.03. The van der Waals surface area contributed by atoms with E-state index in [0.29, 0.717) is 17.1 Å². The van der Waals surface area contributed by atoms with Gasteiger partial charge in [0.2, 0.25) is 5.88 Å². The molecule has 7 heteroatoms. The molecular weight excluding hydrogens is 332 g/mol. The number of methoxy groups -OCH3 is 2. The molecule has 0 unspecified atom stereocenters. The molecule has 2 aromatic heterocycles. The smallest absolute Gasteiger partial charge is 0.320 e. The summed E-state index contributed by atoms with van der Waals surface area (Å²) in [5.41, 5.74) is 4.33.